The van der Waals surface area contributed by atoms with E-state index < -0.39 is 32.0 Å². The minimum absolute atomic E-state index is 0.542. The monoisotopic (exact) mass is 632 g/mol. The third-order valence-corrected chi connectivity index (χ3v) is 9.32. The molecule has 0 fully saturated rings. The third kappa shape index (κ3) is 7.58. The Bertz CT molecular complexity index is 1810. The molecule has 216 valence electrons. The Morgan fingerprint density at radius 3 is 2.61 bits per heavy atom. The second-order valence-electron chi connectivity index (χ2n) is 8.93. The van der Waals surface area contributed by atoms with Gasteiger partial charge in [0.05, 0.1) is 16.9 Å². The van der Waals surface area contributed by atoms with Crippen LogP contribution in [-0.4, -0.2) is 47.6 Å². The fourth-order valence-corrected chi connectivity index (χ4v) is 7.98. The van der Waals surface area contributed by atoms with E-state index in [1.807, 2.05) is 54.3 Å². The van der Waals surface area contributed by atoms with E-state index in [0.29, 0.717) is 27.7 Å². The van der Waals surface area contributed by atoms with Gasteiger partial charge >= 0.3 is 0 Å². The molecule has 0 saturated heterocycles. The number of aromatic nitrogens is 2. The van der Waals surface area contributed by atoms with Gasteiger partial charge in [0.25, 0.3) is 5.01 Å². The van der Waals surface area contributed by atoms with Crippen LogP contribution in [0.25, 0.3) is 16.3 Å². The molecule has 0 atom stereocenters. The van der Waals surface area contributed by atoms with Gasteiger partial charge in [0.15, 0.2) is 22.5 Å². The summed E-state index contributed by atoms with van der Waals surface area (Å²) >= 11 is 2.66. The lowest BCUT2D eigenvalue weighted by Crippen LogP contribution is -2.39. The summed E-state index contributed by atoms with van der Waals surface area (Å²) in [6, 6.07) is 7.35. The van der Waals surface area contributed by atoms with Crippen molar-refractivity contribution in [2.45, 2.75) is 37.0 Å². The maximum Gasteiger partial charge on any atom is 0.263 e. The molecule has 1 aromatic carbocycles. The summed E-state index contributed by atoms with van der Waals surface area (Å²) in [5.41, 5.74) is 2.83. The smallest absolute Gasteiger partial charge is 0.263 e. The van der Waals surface area contributed by atoms with Crippen molar-refractivity contribution in [3.63, 3.8) is 0 Å². The van der Waals surface area contributed by atoms with Crippen LogP contribution in [-0.2, 0) is 26.1 Å². The van der Waals surface area contributed by atoms with Crippen LogP contribution in [0.5, 0.6) is 0 Å². The van der Waals surface area contributed by atoms with Crippen molar-refractivity contribution in [1.82, 2.24) is 4.98 Å². The van der Waals surface area contributed by atoms with Crippen molar-refractivity contribution in [1.29, 1.82) is 0 Å². The number of hydrogen-bond donors (Lipinski definition) is 0. The molecular formula is C27H28N4O6S4. The number of hydrogen-bond acceptors (Lipinski definition) is 10. The molecule has 0 spiro atoms. The van der Waals surface area contributed by atoms with Crippen LogP contribution in [0, 0.1) is 0 Å². The van der Waals surface area contributed by atoms with Crippen LogP contribution in [0.3, 0.4) is 0 Å². The number of pyridine rings is 1. The molecule has 14 heteroatoms. The van der Waals surface area contributed by atoms with Crippen LogP contribution in [0.15, 0.2) is 83.7 Å². The molecule has 2 aliphatic heterocycles. The molecule has 3 aromatic rings. The molecule has 5 rings (SSSR count). The molecule has 41 heavy (non-hydrogen) atoms. The van der Waals surface area contributed by atoms with Crippen molar-refractivity contribution in [3.05, 3.63) is 83.8 Å². The molecule has 2 aliphatic rings. The number of rotatable bonds is 9. The number of nitrogens with zero attached hydrogens (tertiary/aromatic N) is 4. The Labute approximate surface area is 247 Å². The lowest BCUT2D eigenvalue weighted by Gasteiger charge is -2.22. The molecule has 2 aromatic heterocycles. The lowest BCUT2D eigenvalue weighted by molar-refractivity contribution is -0.649. The molecule has 0 amide bonds. The number of thioether (sulfide) groups is 1. The second-order valence-corrected chi connectivity index (χ2v) is 13.8. The van der Waals surface area contributed by atoms with Crippen LogP contribution >= 0.6 is 23.1 Å². The van der Waals surface area contributed by atoms with Gasteiger partial charge in [-0.15, -0.1) is 13.2 Å². The Kier molecular flexibility index (Phi) is 9.62. The Balaban J connectivity index is 0.00000189. The van der Waals surface area contributed by atoms with Crippen molar-refractivity contribution in [2.24, 2.45) is 0 Å². The Morgan fingerprint density at radius 2 is 1.95 bits per heavy atom. The van der Waals surface area contributed by atoms with Gasteiger partial charge in [0, 0.05) is 41.8 Å². The maximum absolute atomic E-state index is 11.9. The van der Waals surface area contributed by atoms with E-state index in [0.717, 1.165) is 33.7 Å². The number of fused-ring (bicyclic) bond motifs is 2. The average Bonchev–Trinajstić information content (AvgIpc) is 3.63. The summed E-state index contributed by atoms with van der Waals surface area (Å²) in [4.78, 5) is 6.41. The zero-order valence-corrected chi connectivity index (χ0v) is 25.4. The van der Waals surface area contributed by atoms with Crippen molar-refractivity contribution in [3.8, 4) is 0 Å². The molecule has 0 N–H and O–H groups in total. The molecule has 0 unspecified atom stereocenters. The number of benzene rings is 1. The quantitative estimate of drug-likeness (QED) is 0.187. The highest BCUT2D eigenvalue weighted by Gasteiger charge is 2.29. The largest absolute Gasteiger partial charge is 0.747 e. The lowest BCUT2D eigenvalue weighted by atomic mass is 10.1. The molecule has 0 bridgehead atoms. The van der Waals surface area contributed by atoms with Crippen LogP contribution in [0.4, 0.5) is 11.4 Å². The first kappa shape index (κ1) is 30.8. The SMILES string of the molecule is C=C.CCCC(/C=C1\Sc2ccc([N+]3=CCC=C3)cc2N1CS(=O)(=O)[O-])=C\c1sc2cnccc2[n+]1CS(=O)(=O)[O-]. The minimum Gasteiger partial charge on any atom is -0.747 e. The molecule has 0 radical (unpaired) electrons. The van der Waals surface area contributed by atoms with Gasteiger partial charge in [-0.05, 0) is 30.2 Å². The van der Waals surface area contributed by atoms with E-state index in [2.05, 4.69) is 18.1 Å². The van der Waals surface area contributed by atoms with Gasteiger partial charge in [-0.3, -0.25) is 4.98 Å². The first-order valence-electron chi connectivity index (χ1n) is 12.4. The molecule has 0 saturated carbocycles. The standard InChI is InChI=1S/C25H24N4O6S4.C2H4/c1-2-5-18(12-24-28(16-38(30,31)32)20-8-9-26-15-23(20)37-24)13-25-29(17-39(33,34)35)21-14-19(6-7-22(21)36-25)27-10-3-4-11-27;1-2/h3,6-15H,2,4-5,16-17H2,1H3;1-2H2. The normalized spacial score (nSPS) is 16.2. The van der Waals surface area contributed by atoms with Crippen LogP contribution in [0.2, 0.25) is 0 Å². The predicted molar refractivity (Wildman–Crippen MR) is 161 cm³/mol. The van der Waals surface area contributed by atoms with E-state index >= 15 is 0 Å². The zero-order chi connectivity index (χ0) is 29.8. The fourth-order valence-electron chi connectivity index (χ4n) is 4.40. The van der Waals surface area contributed by atoms with Crippen molar-refractivity contribution >= 4 is 77.2 Å². The van der Waals surface area contributed by atoms with Gasteiger partial charge < -0.3 is 14.0 Å². The molecular weight excluding hydrogens is 605 g/mol. The Hall–Kier alpha value is -3.14. The predicted octanol–water partition coefficient (Wildman–Crippen LogP) is 4.66. The summed E-state index contributed by atoms with van der Waals surface area (Å²) in [5.74, 6) is -1.46. The van der Waals surface area contributed by atoms with Gasteiger partial charge in [0.1, 0.15) is 20.7 Å². The maximum atomic E-state index is 11.9. The van der Waals surface area contributed by atoms with Gasteiger partial charge in [-0.2, -0.15) is 9.14 Å². The molecule has 0 aliphatic carbocycles. The third-order valence-electron chi connectivity index (χ3n) is 5.98. The van der Waals surface area contributed by atoms with Crippen LogP contribution in [0.1, 0.15) is 31.2 Å². The highest BCUT2D eigenvalue weighted by atomic mass is 32.2. The molecule has 4 heterocycles. The van der Waals surface area contributed by atoms with E-state index in [9.17, 15) is 25.9 Å². The topological polar surface area (TPSA) is 137 Å². The number of anilines is 1. The van der Waals surface area contributed by atoms with Gasteiger partial charge in [-0.25, -0.2) is 16.8 Å². The van der Waals surface area contributed by atoms with Crippen molar-refractivity contribution in [2.75, 3.05) is 10.8 Å². The fraction of sp³-hybridized carbons (Fsp3) is 0.222. The number of allylic oxidation sites excluding steroid dienone is 3. The summed E-state index contributed by atoms with van der Waals surface area (Å²) in [5, 5.41) is 1.10. The first-order chi connectivity index (χ1) is 19.5. The van der Waals surface area contributed by atoms with Gasteiger partial charge in [0.2, 0.25) is 17.1 Å². The molecule has 10 nitrogen and oxygen atoms in total. The zero-order valence-electron chi connectivity index (χ0n) is 22.2. The summed E-state index contributed by atoms with van der Waals surface area (Å²) in [7, 11) is -9.19. The second kappa shape index (κ2) is 12.8. The first-order valence-corrected chi connectivity index (χ1v) is 17.2. The van der Waals surface area contributed by atoms with Gasteiger partial charge in [-0.1, -0.05) is 36.4 Å². The van der Waals surface area contributed by atoms with E-state index in [4.69, 9.17) is 0 Å². The van der Waals surface area contributed by atoms with Crippen LogP contribution < -0.4 is 9.47 Å². The summed E-state index contributed by atoms with van der Waals surface area (Å²) in [6.07, 6.45) is 14.8. The highest BCUT2D eigenvalue weighted by molar-refractivity contribution is 8.03. The number of thiazole rings is 1. The Morgan fingerprint density at radius 1 is 1.17 bits per heavy atom. The summed E-state index contributed by atoms with van der Waals surface area (Å²) in [6.45, 7) is 7.99. The van der Waals surface area contributed by atoms with Crippen molar-refractivity contribution < 1.29 is 35.1 Å². The highest BCUT2D eigenvalue weighted by Crippen LogP contribution is 2.48. The van der Waals surface area contributed by atoms with E-state index in [1.165, 1.54) is 38.8 Å². The van der Waals surface area contributed by atoms with E-state index in [-0.39, 0.29) is 0 Å². The average molecular weight is 633 g/mol. The van der Waals surface area contributed by atoms with E-state index in [1.54, 1.807) is 18.3 Å². The minimum atomic E-state index is -4.61. The summed E-state index contributed by atoms with van der Waals surface area (Å²) < 4.78 is 74.8.